The van der Waals surface area contributed by atoms with E-state index in [4.69, 9.17) is 14.2 Å². The van der Waals surface area contributed by atoms with Gasteiger partial charge in [-0.25, -0.2) is 0 Å². The molecule has 0 rings (SSSR count). The molecule has 0 spiro atoms. The van der Waals surface area contributed by atoms with Crippen LogP contribution in [0.3, 0.4) is 0 Å². The Balaban J connectivity index is 4.43. The SMILES string of the molecule is CC/C=C\C/C=C\C/C=C\C/C=C\CCCCCCCCC(=O)OC(COC(=O)CCCCCC/C=C\C/C=C\C/C=C\C/C=C\CC)COC(=O)CCCCCCCCCCCC/C=C\C/C=C\C/C=C\CCCCCCC. The van der Waals surface area contributed by atoms with Gasteiger partial charge in [-0.05, 0) is 135 Å². The summed E-state index contributed by atoms with van der Waals surface area (Å²) in [5.41, 5.74) is 0. The lowest BCUT2D eigenvalue weighted by atomic mass is 10.1. The van der Waals surface area contributed by atoms with Crippen molar-refractivity contribution in [2.24, 2.45) is 0 Å². The van der Waals surface area contributed by atoms with Crippen molar-refractivity contribution in [3.8, 4) is 0 Å². The number of ether oxygens (including phenoxy) is 3. The molecule has 0 aromatic rings. The third kappa shape index (κ3) is 64.3. The zero-order valence-corrected chi connectivity index (χ0v) is 51.3. The molecule has 0 saturated carbocycles. The third-order valence-electron chi connectivity index (χ3n) is 13.6. The first-order chi connectivity index (χ1) is 39.0. The Bertz CT molecular complexity index is 1680. The Hall–Kier alpha value is -4.45. The van der Waals surface area contributed by atoms with Gasteiger partial charge in [-0.2, -0.15) is 0 Å². The van der Waals surface area contributed by atoms with E-state index in [0.717, 1.165) is 148 Å². The van der Waals surface area contributed by atoms with E-state index in [1.807, 2.05) is 0 Å². The molecule has 0 aromatic carbocycles. The molecule has 0 aliphatic heterocycles. The van der Waals surface area contributed by atoms with Crippen LogP contribution in [-0.4, -0.2) is 37.2 Å². The van der Waals surface area contributed by atoms with E-state index < -0.39 is 6.10 Å². The molecule has 0 aliphatic rings. The van der Waals surface area contributed by atoms with Gasteiger partial charge in [-0.1, -0.05) is 270 Å². The topological polar surface area (TPSA) is 78.9 Å². The highest BCUT2D eigenvalue weighted by Crippen LogP contribution is 2.15. The van der Waals surface area contributed by atoms with Gasteiger partial charge in [0.05, 0.1) is 0 Å². The van der Waals surface area contributed by atoms with Crippen LogP contribution in [0.2, 0.25) is 0 Å². The Morgan fingerprint density at radius 3 is 0.772 bits per heavy atom. The van der Waals surface area contributed by atoms with Crippen LogP contribution in [0.25, 0.3) is 0 Å². The molecule has 0 heterocycles. The summed E-state index contributed by atoms with van der Waals surface area (Å²) in [5, 5.41) is 0. The summed E-state index contributed by atoms with van der Waals surface area (Å²) in [6, 6.07) is 0. The summed E-state index contributed by atoms with van der Waals surface area (Å²) in [6.07, 6.45) is 93.1. The number of hydrogen-bond donors (Lipinski definition) is 0. The number of unbranched alkanes of at least 4 members (excludes halogenated alkanes) is 25. The average Bonchev–Trinajstić information content (AvgIpc) is 3.45. The summed E-state index contributed by atoms with van der Waals surface area (Å²) in [5.74, 6) is -0.937. The second-order valence-corrected chi connectivity index (χ2v) is 21.3. The highest BCUT2D eigenvalue weighted by molar-refractivity contribution is 5.71. The van der Waals surface area contributed by atoms with Crippen molar-refractivity contribution >= 4 is 17.9 Å². The standard InChI is InChI=1S/C73H120O6/c1-4-7-10-13-16-19-22-25-28-31-33-34-35-36-37-38-40-42-45-48-51-54-57-60-63-66-72(75)78-69-70(68-77-71(74)65-62-59-56-53-50-47-44-41-30-27-24-21-18-15-12-9-6-3)79-73(76)67-64-61-58-55-52-49-46-43-39-32-29-26-23-20-17-14-11-8-5-2/h8-9,11-12,17-18,20-22,25-27,29-31,33,35-36,39,43-44,47,70H,4-7,10,13-16,19,23-24,28,32,34,37-38,40-42,45-46,48-69H2,1-3H3/b11-8-,12-9-,20-17-,21-18-,25-22-,29-26-,30-27-,33-31-,36-35-,43-39-,47-44-. The number of allylic oxidation sites excluding steroid dienone is 22. The molecule has 0 aliphatic carbocycles. The number of carbonyl (C=O) groups excluding carboxylic acids is 3. The smallest absolute Gasteiger partial charge is 0.306 e. The summed E-state index contributed by atoms with van der Waals surface area (Å²) in [6.45, 7) is 6.38. The Labute approximate surface area is 487 Å². The first-order valence-corrected chi connectivity index (χ1v) is 32.7. The van der Waals surface area contributed by atoms with Crippen LogP contribution in [0.5, 0.6) is 0 Å². The zero-order chi connectivity index (χ0) is 57.1. The van der Waals surface area contributed by atoms with E-state index in [1.54, 1.807) is 0 Å². The molecular weight excluding hydrogens is 973 g/mol. The molecule has 448 valence electrons. The molecule has 0 amide bonds. The zero-order valence-electron chi connectivity index (χ0n) is 51.3. The first-order valence-electron chi connectivity index (χ1n) is 32.7. The van der Waals surface area contributed by atoms with Crippen molar-refractivity contribution in [3.05, 3.63) is 134 Å². The number of rotatable bonds is 58. The maximum Gasteiger partial charge on any atom is 0.306 e. The maximum atomic E-state index is 12.9. The van der Waals surface area contributed by atoms with Gasteiger partial charge >= 0.3 is 17.9 Å². The molecular formula is C73H120O6. The van der Waals surface area contributed by atoms with Gasteiger partial charge in [0.25, 0.3) is 0 Å². The fourth-order valence-electron chi connectivity index (χ4n) is 8.79. The molecule has 0 bridgehead atoms. The molecule has 79 heavy (non-hydrogen) atoms. The molecule has 0 fully saturated rings. The highest BCUT2D eigenvalue weighted by atomic mass is 16.6. The van der Waals surface area contributed by atoms with Crippen LogP contribution in [0.4, 0.5) is 0 Å². The van der Waals surface area contributed by atoms with Gasteiger partial charge < -0.3 is 14.2 Å². The van der Waals surface area contributed by atoms with E-state index >= 15 is 0 Å². The predicted octanol–water partition coefficient (Wildman–Crippen LogP) is 22.5. The minimum Gasteiger partial charge on any atom is -0.462 e. The molecule has 0 radical (unpaired) electrons. The molecule has 6 nitrogen and oxygen atoms in total. The first kappa shape index (κ1) is 74.5. The quantitative estimate of drug-likeness (QED) is 0.0261. The number of hydrogen-bond acceptors (Lipinski definition) is 6. The third-order valence-corrected chi connectivity index (χ3v) is 13.6. The Morgan fingerprint density at radius 2 is 0.494 bits per heavy atom. The molecule has 0 saturated heterocycles. The van der Waals surface area contributed by atoms with Crippen molar-refractivity contribution in [1.82, 2.24) is 0 Å². The largest absolute Gasteiger partial charge is 0.462 e. The van der Waals surface area contributed by atoms with Crippen LogP contribution < -0.4 is 0 Å². The summed E-state index contributed by atoms with van der Waals surface area (Å²) < 4.78 is 16.9. The predicted molar refractivity (Wildman–Crippen MR) is 343 cm³/mol. The van der Waals surface area contributed by atoms with Crippen LogP contribution >= 0.6 is 0 Å². The monoisotopic (exact) mass is 1090 g/mol. The minimum atomic E-state index is -0.805. The van der Waals surface area contributed by atoms with Gasteiger partial charge in [-0.15, -0.1) is 0 Å². The summed E-state index contributed by atoms with van der Waals surface area (Å²) >= 11 is 0. The summed E-state index contributed by atoms with van der Waals surface area (Å²) in [7, 11) is 0. The fourth-order valence-corrected chi connectivity index (χ4v) is 8.79. The van der Waals surface area contributed by atoms with Crippen molar-refractivity contribution < 1.29 is 28.6 Å². The summed E-state index contributed by atoms with van der Waals surface area (Å²) in [4.78, 5) is 38.4. The lowest BCUT2D eigenvalue weighted by Gasteiger charge is -2.18. The van der Waals surface area contributed by atoms with Gasteiger partial charge in [0.1, 0.15) is 13.2 Å². The van der Waals surface area contributed by atoms with E-state index in [0.29, 0.717) is 19.3 Å². The van der Waals surface area contributed by atoms with Gasteiger partial charge in [0.15, 0.2) is 6.10 Å². The van der Waals surface area contributed by atoms with Crippen LogP contribution in [0.1, 0.15) is 290 Å². The van der Waals surface area contributed by atoms with E-state index in [2.05, 4.69) is 154 Å². The minimum absolute atomic E-state index is 0.0977. The Kier molecular flexibility index (Phi) is 62.3. The fraction of sp³-hybridized carbons (Fsp3) is 0.658. The van der Waals surface area contributed by atoms with Crippen molar-refractivity contribution in [1.29, 1.82) is 0 Å². The van der Waals surface area contributed by atoms with Gasteiger partial charge in [0, 0.05) is 19.3 Å². The number of carbonyl (C=O) groups is 3. The van der Waals surface area contributed by atoms with Crippen molar-refractivity contribution in [2.45, 2.75) is 297 Å². The van der Waals surface area contributed by atoms with E-state index in [1.165, 1.54) is 103 Å². The van der Waals surface area contributed by atoms with E-state index in [9.17, 15) is 14.4 Å². The maximum absolute atomic E-state index is 12.9. The van der Waals surface area contributed by atoms with Gasteiger partial charge in [-0.3, -0.25) is 14.4 Å². The molecule has 1 atom stereocenters. The lowest BCUT2D eigenvalue weighted by molar-refractivity contribution is -0.167. The second kappa shape index (κ2) is 66.1. The molecule has 0 aromatic heterocycles. The molecule has 6 heteroatoms. The molecule has 1 unspecified atom stereocenters. The average molecular weight is 1090 g/mol. The van der Waals surface area contributed by atoms with Crippen molar-refractivity contribution in [2.75, 3.05) is 13.2 Å². The van der Waals surface area contributed by atoms with Crippen LogP contribution in [-0.2, 0) is 28.6 Å². The van der Waals surface area contributed by atoms with Crippen LogP contribution in [0.15, 0.2) is 134 Å². The highest BCUT2D eigenvalue weighted by Gasteiger charge is 2.19. The second-order valence-electron chi connectivity index (χ2n) is 21.3. The van der Waals surface area contributed by atoms with Crippen molar-refractivity contribution in [3.63, 3.8) is 0 Å². The molecule has 0 N–H and O–H groups in total. The van der Waals surface area contributed by atoms with Crippen LogP contribution in [0, 0.1) is 0 Å². The van der Waals surface area contributed by atoms with Gasteiger partial charge in [0.2, 0.25) is 0 Å². The normalized spacial score (nSPS) is 13.0. The lowest BCUT2D eigenvalue weighted by Crippen LogP contribution is -2.30. The van der Waals surface area contributed by atoms with E-state index in [-0.39, 0.29) is 31.1 Å². The number of esters is 3. The Morgan fingerprint density at radius 1 is 0.266 bits per heavy atom.